The molecule has 1 aliphatic carbocycles. The van der Waals surface area contributed by atoms with Gasteiger partial charge in [0.15, 0.2) is 0 Å². The zero-order valence-electron chi connectivity index (χ0n) is 9.13. The topological polar surface area (TPSA) is 3.24 Å². The van der Waals surface area contributed by atoms with E-state index >= 15 is 0 Å². The van der Waals surface area contributed by atoms with E-state index in [4.69, 9.17) is 0 Å². The molecule has 76 valence electrons. The fraction of sp³-hybridized carbons (Fsp3) is 1.00. The molecule has 0 N–H and O–H groups in total. The van der Waals surface area contributed by atoms with E-state index in [1.807, 2.05) is 0 Å². The predicted molar refractivity (Wildman–Crippen MR) is 56.8 cm³/mol. The summed E-state index contributed by atoms with van der Waals surface area (Å²) in [5, 5.41) is 0. The minimum atomic E-state index is 0.944. The molecule has 0 radical (unpaired) electrons. The van der Waals surface area contributed by atoms with Gasteiger partial charge in [-0.25, -0.2) is 0 Å². The van der Waals surface area contributed by atoms with Gasteiger partial charge in [-0.05, 0) is 37.6 Å². The highest BCUT2D eigenvalue weighted by atomic mass is 15.2. The van der Waals surface area contributed by atoms with Crippen molar-refractivity contribution in [3.63, 3.8) is 0 Å². The maximum atomic E-state index is 2.73. The summed E-state index contributed by atoms with van der Waals surface area (Å²) in [5.74, 6) is 1.98. The highest BCUT2D eigenvalue weighted by Gasteiger charge is 2.34. The molecule has 2 unspecified atom stereocenters. The van der Waals surface area contributed by atoms with Crippen molar-refractivity contribution in [3.05, 3.63) is 0 Å². The average Bonchev–Trinajstić information content (AvgIpc) is 2.16. The maximum absolute atomic E-state index is 2.73. The Morgan fingerprint density at radius 2 is 2.00 bits per heavy atom. The second kappa shape index (κ2) is 4.00. The van der Waals surface area contributed by atoms with Gasteiger partial charge in [0.25, 0.3) is 0 Å². The van der Waals surface area contributed by atoms with E-state index in [0.717, 1.165) is 17.9 Å². The lowest BCUT2D eigenvalue weighted by Crippen LogP contribution is -2.49. The summed E-state index contributed by atoms with van der Waals surface area (Å²) in [6.45, 7) is 7.38. The Morgan fingerprint density at radius 1 is 1.23 bits per heavy atom. The van der Waals surface area contributed by atoms with Gasteiger partial charge in [0, 0.05) is 12.6 Å². The first-order valence-corrected chi connectivity index (χ1v) is 6.05. The van der Waals surface area contributed by atoms with Crippen LogP contribution in [0, 0.1) is 11.8 Å². The van der Waals surface area contributed by atoms with E-state index < -0.39 is 0 Å². The summed E-state index contributed by atoms with van der Waals surface area (Å²) >= 11 is 0. The average molecular weight is 181 g/mol. The zero-order valence-corrected chi connectivity index (χ0v) is 9.13. The summed E-state index contributed by atoms with van der Waals surface area (Å²) in [7, 11) is 0. The molecule has 2 rings (SSSR count). The minimum absolute atomic E-state index is 0.944. The molecular weight excluding hydrogens is 158 g/mol. The number of fused-ring (bicyclic) bond motifs is 1. The van der Waals surface area contributed by atoms with Crippen molar-refractivity contribution in [2.75, 3.05) is 13.1 Å². The van der Waals surface area contributed by atoms with E-state index in [9.17, 15) is 0 Å². The van der Waals surface area contributed by atoms with Crippen LogP contribution in [0.15, 0.2) is 0 Å². The van der Waals surface area contributed by atoms with Gasteiger partial charge in [0.05, 0.1) is 0 Å². The van der Waals surface area contributed by atoms with Crippen LogP contribution in [0.2, 0.25) is 0 Å². The highest BCUT2D eigenvalue weighted by Crippen LogP contribution is 2.36. The molecule has 2 fully saturated rings. The number of hydrogen-bond donors (Lipinski definition) is 0. The Kier molecular flexibility index (Phi) is 2.92. The van der Waals surface area contributed by atoms with Crippen molar-refractivity contribution in [1.82, 2.24) is 4.90 Å². The largest absolute Gasteiger partial charge is 0.300 e. The molecule has 0 aromatic heterocycles. The highest BCUT2D eigenvalue weighted by molar-refractivity contribution is 4.88. The first-order chi connectivity index (χ1) is 6.31. The third-order valence-corrected chi connectivity index (χ3v) is 4.00. The smallest absolute Gasteiger partial charge is 0.0124 e. The summed E-state index contributed by atoms with van der Waals surface area (Å²) in [4.78, 5) is 2.73. The van der Waals surface area contributed by atoms with Gasteiger partial charge in [-0.3, -0.25) is 0 Å². The molecular formula is C12H23N. The molecule has 1 saturated carbocycles. The molecule has 13 heavy (non-hydrogen) atoms. The molecule has 0 spiro atoms. The number of hydrogen-bond acceptors (Lipinski definition) is 1. The second-order valence-corrected chi connectivity index (χ2v) is 5.04. The van der Waals surface area contributed by atoms with Crippen LogP contribution in [0.5, 0.6) is 0 Å². The predicted octanol–water partition coefficient (Wildman–Crippen LogP) is 2.91. The van der Waals surface area contributed by atoms with Gasteiger partial charge in [-0.1, -0.05) is 26.7 Å². The van der Waals surface area contributed by atoms with E-state index in [1.165, 1.54) is 45.2 Å². The van der Waals surface area contributed by atoms with Crippen LogP contribution >= 0.6 is 0 Å². The molecule has 0 amide bonds. The van der Waals surface area contributed by atoms with Crippen molar-refractivity contribution < 1.29 is 0 Å². The first kappa shape index (κ1) is 9.51. The number of nitrogens with zero attached hydrogens (tertiary/aromatic N) is 1. The molecule has 1 aliphatic heterocycles. The summed E-state index contributed by atoms with van der Waals surface area (Å²) in [5.41, 5.74) is 0. The SMILES string of the molecule is CCN1C[C@H](C)CC2CCCCC21. The monoisotopic (exact) mass is 181 g/mol. The molecule has 0 bridgehead atoms. The second-order valence-electron chi connectivity index (χ2n) is 5.04. The quantitative estimate of drug-likeness (QED) is 0.601. The Morgan fingerprint density at radius 3 is 2.77 bits per heavy atom. The third-order valence-electron chi connectivity index (χ3n) is 4.00. The van der Waals surface area contributed by atoms with Gasteiger partial charge >= 0.3 is 0 Å². The number of piperidine rings is 1. The van der Waals surface area contributed by atoms with Crippen LogP contribution in [-0.2, 0) is 0 Å². The molecule has 1 heterocycles. The Balaban J connectivity index is 2.02. The van der Waals surface area contributed by atoms with Crippen LogP contribution in [0.1, 0.15) is 46.0 Å². The van der Waals surface area contributed by atoms with Crippen molar-refractivity contribution in [1.29, 1.82) is 0 Å². The molecule has 1 nitrogen and oxygen atoms in total. The van der Waals surface area contributed by atoms with Crippen LogP contribution in [0.4, 0.5) is 0 Å². The Bertz CT molecular complexity index is 159. The lowest BCUT2D eigenvalue weighted by molar-refractivity contribution is 0.0378. The van der Waals surface area contributed by atoms with E-state index in [1.54, 1.807) is 0 Å². The van der Waals surface area contributed by atoms with Gasteiger partial charge < -0.3 is 4.90 Å². The lowest BCUT2D eigenvalue weighted by Gasteiger charge is -2.46. The standard InChI is InChI=1S/C12H23N/c1-3-13-9-10(2)8-11-6-4-5-7-12(11)13/h10-12H,3-9H2,1-2H3/t10-,11?,12?/m1/s1. The van der Waals surface area contributed by atoms with Crippen molar-refractivity contribution >= 4 is 0 Å². The summed E-state index contributed by atoms with van der Waals surface area (Å²) in [6, 6.07) is 0.954. The fourth-order valence-electron chi connectivity index (χ4n) is 3.43. The van der Waals surface area contributed by atoms with E-state index in [0.29, 0.717) is 0 Å². The molecule has 1 saturated heterocycles. The van der Waals surface area contributed by atoms with Gasteiger partial charge in [-0.15, -0.1) is 0 Å². The summed E-state index contributed by atoms with van der Waals surface area (Å²) < 4.78 is 0. The molecule has 3 atom stereocenters. The Labute approximate surface area is 82.5 Å². The van der Waals surface area contributed by atoms with Crippen molar-refractivity contribution in [2.45, 2.75) is 52.0 Å². The molecule has 0 aromatic carbocycles. The maximum Gasteiger partial charge on any atom is 0.0124 e. The van der Waals surface area contributed by atoms with Gasteiger partial charge in [0.1, 0.15) is 0 Å². The molecule has 0 aromatic rings. The lowest BCUT2D eigenvalue weighted by atomic mass is 9.75. The van der Waals surface area contributed by atoms with Crippen molar-refractivity contribution in [3.8, 4) is 0 Å². The number of likely N-dealkylation sites (tertiary alicyclic amines) is 1. The van der Waals surface area contributed by atoms with Crippen LogP contribution in [0.3, 0.4) is 0 Å². The van der Waals surface area contributed by atoms with Gasteiger partial charge in [0.2, 0.25) is 0 Å². The number of rotatable bonds is 1. The van der Waals surface area contributed by atoms with E-state index in [-0.39, 0.29) is 0 Å². The van der Waals surface area contributed by atoms with Gasteiger partial charge in [-0.2, -0.15) is 0 Å². The minimum Gasteiger partial charge on any atom is -0.300 e. The first-order valence-electron chi connectivity index (χ1n) is 6.05. The molecule has 1 heteroatoms. The molecule has 2 aliphatic rings. The van der Waals surface area contributed by atoms with Crippen LogP contribution in [0.25, 0.3) is 0 Å². The summed E-state index contributed by atoms with van der Waals surface area (Å²) in [6.07, 6.45) is 7.45. The normalized spacial score (nSPS) is 41.5. The third kappa shape index (κ3) is 1.90. The van der Waals surface area contributed by atoms with E-state index in [2.05, 4.69) is 18.7 Å². The van der Waals surface area contributed by atoms with Crippen LogP contribution in [-0.4, -0.2) is 24.0 Å². The fourth-order valence-corrected chi connectivity index (χ4v) is 3.43. The zero-order chi connectivity index (χ0) is 9.26. The Hall–Kier alpha value is -0.0400. The van der Waals surface area contributed by atoms with Crippen molar-refractivity contribution in [2.24, 2.45) is 11.8 Å². The van der Waals surface area contributed by atoms with Crippen LogP contribution < -0.4 is 0 Å².